The molecular formula is C9H15NO. The molecule has 2 heteroatoms. The molecule has 0 heterocycles. The molecule has 0 aromatic rings. The number of allylic oxidation sites excluding steroid dienone is 2. The predicted octanol–water partition coefficient (Wildman–Crippen LogP) is 1.92. The largest absolute Gasteiger partial charge is 0.389 e. The van der Waals surface area contributed by atoms with Gasteiger partial charge in [-0.3, -0.25) is 4.99 Å². The van der Waals surface area contributed by atoms with Crippen LogP contribution in [0.1, 0.15) is 20.3 Å². The first-order chi connectivity index (χ1) is 5.22. The summed E-state index contributed by atoms with van der Waals surface area (Å²) < 4.78 is 0. The van der Waals surface area contributed by atoms with E-state index in [0.717, 1.165) is 12.0 Å². The SMILES string of the molecule is C=N/C=C\C/C(=C\C)C(C)O. The van der Waals surface area contributed by atoms with Crippen molar-refractivity contribution in [3.63, 3.8) is 0 Å². The summed E-state index contributed by atoms with van der Waals surface area (Å²) in [6.45, 7) is 6.98. The van der Waals surface area contributed by atoms with Gasteiger partial charge in [0.15, 0.2) is 0 Å². The monoisotopic (exact) mass is 153 g/mol. The van der Waals surface area contributed by atoms with Gasteiger partial charge >= 0.3 is 0 Å². The van der Waals surface area contributed by atoms with Crippen molar-refractivity contribution >= 4 is 6.72 Å². The van der Waals surface area contributed by atoms with Gasteiger partial charge in [-0.05, 0) is 32.6 Å². The van der Waals surface area contributed by atoms with E-state index in [-0.39, 0.29) is 6.10 Å². The molecule has 1 N–H and O–H groups in total. The summed E-state index contributed by atoms with van der Waals surface area (Å²) in [6, 6.07) is 0. The Hall–Kier alpha value is -0.890. The van der Waals surface area contributed by atoms with Gasteiger partial charge in [0.05, 0.1) is 6.10 Å². The molecular weight excluding hydrogens is 138 g/mol. The summed E-state index contributed by atoms with van der Waals surface area (Å²) in [5.41, 5.74) is 1.00. The molecule has 0 saturated carbocycles. The van der Waals surface area contributed by atoms with Crippen LogP contribution in [0.3, 0.4) is 0 Å². The molecule has 1 atom stereocenters. The van der Waals surface area contributed by atoms with E-state index in [0.29, 0.717) is 0 Å². The Morgan fingerprint density at radius 3 is 2.73 bits per heavy atom. The van der Waals surface area contributed by atoms with E-state index >= 15 is 0 Å². The number of aliphatic imine (C=N–C) groups is 1. The number of aliphatic hydroxyl groups is 1. The summed E-state index contributed by atoms with van der Waals surface area (Å²) in [5, 5.41) is 9.16. The Bertz CT molecular complexity index is 168. The van der Waals surface area contributed by atoms with E-state index < -0.39 is 0 Å². The lowest BCUT2D eigenvalue weighted by molar-refractivity contribution is 0.229. The lowest BCUT2D eigenvalue weighted by Crippen LogP contribution is -2.02. The molecule has 0 saturated heterocycles. The Labute approximate surface area is 68.0 Å². The molecule has 0 aromatic carbocycles. The predicted molar refractivity (Wildman–Crippen MR) is 48.7 cm³/mol. The molecule has 0 aromatic heterocycles. The molecule has 0 aliphatic rings. The van der Waals surface area contributed by atoms with E-state index in [2.05, 4.69) is 11.7 Å². The molecule has 62 valence electrons. The van der Waals surface area contributed by atoms with E-state index in [1.54, 1.807) is 13.1 Å². The number of hydrogen-bond acceptors (Lipinski definition) is 2. The van der Waals surface area contributed by atoms with Gasteiger partial charge in [-0.15, -0.1) is 0 Å². The van der Waals surface area contributed by atoms with Gasteiger partial charge in [-0.2, -0.15) is 0 Å². The molecule has 0 bridgehead atoms. The third-order valence-electron chi connectivity index (χ3n) is 1.47. The third kappa shape index (κ3) is 4.51. The third-order valence-corrected chi connectivity index (χ3v) is 1.47. The van der Waals surface area contributed by atoms with Crippen LogP contribution in [0.2, 0.25) is 0 Å². The fourth-order valence-electron chi connectivity index (χ4n) is 0.793. The molecule has 0 rings (SSSR count). The van der Waals surface area contributed by atoms with Crippen LogP contribution in [0.25, 0.3) is 0 Å². The standard InChI is InChI=1S/C9H15NO/c1-4-9(8(2)11)6-5-7-10-3/h4-5,7-8,11H,3,6H2,1-2H3/b7-5-,9-4+. The quantitative estimate of drug-likeness (QED) is 0.485. The Balaban J connectivity index is 3.90. The van der Waals surface area contributed by atoms with Crippen LogP contribution in [-0.4, -0.2) is 17.9 Å². The molecule has 0 amide bonds. The average Bonchev–Trinajstić information content (AvgIpc) is 1.97. The fourth-order valence-corrected chi connectivity index (χ4v) is 0.793. The minimum atomic E-state index is -0.366. The first-order valence-electron chi connectivity index (χ1n) is 3.66. The topological polar surface area (TPSA) is 32.6 Å². The van der Waals surface area contributed by atoms with Gasteiger partial charge < -0.3 is 5.11 Å². The Morgan fingerprint density at radius 1 is 1.73 bits per heavy atom. The van der Waals surface area contributed by atoms with E-state index in [4.69, 9.17) is 5.11 Å². The van der Waals surface area contributed by atoms with Crippen LogP contribution in [0.15, 0.2) is 28.9 Å². The van der Waals surface area contributed by atoms with Gasteiger partial charge in [0.1, 0.15) is 0 Å². The zero-order valence-electron chi connectivity index (χ0n) is 7.12. The van der Waals surface area contributed by atoms with Gasteiger partial charge in [0.2, 0.25) is 0 Å². The molecule has 0 fully saturated rings. The van der Waals surface area contributed by atoms with E-state index in [1.165, 1.54) is 0 Å². The van der Waals surface area contributed by atoms with Crippen molar-refractivity contribution in [1.29, 1.82) is 0 Å². The zero-order chi connectivity index (χ0) is 8.69. The van der Waals surface area contributed by atoms with Crippen LogP contribution in [0.4, 0.5) is 0 Å². The van der Waals surface area contributed by atoms with Crippen molar-refractivity contribution in [3.05, 3.63) is 23.9 Å². The van der Waals surface area contributed by atoms with Gasteiger partial charge in [-0.25, -0.2) is 0 Å². The summed E-state index contributed by atoms with van der Waals surface area (Å²) in [5.74, 6) is 0. The smallest absolute Gasteiger partial charge is 0.0724 e. The summed E-state index contributed by atoms with van der Waals surface area (Å²) in [7, 11) is 0. The zero-order valence-corrected chi connectivity index (χ0v) is 7.12. The molecule has 1 unspecified atom stereocenters. The molecule has 0 spiro atoms. The van der Waals surface area contributed by atoms with Crippen molar-refractivity contribution < 1.29 is 5.11 Å². The van der Waals surface area contributed by atoms with Crippen LogP contribution in [0, 0.1) is 0 Å². The minimum Gasteiger partial charge on any atom is -0.389 e. The van der Waals surface area contributed by atoms with E-state index in [9.17, 15) is 0 Å². The maximum absolute atomic E-state index is 9.16. The van der Waals surface area contributed by atoms with Gasteiger partial charge in [0.25, 0.3) is 0 Å². The number of hydrogen-bond donors (Lipinski definition) is 1. The molecule has 11 heavy (non-hydrogen) atoms. The maximum Gasteiger partial charge on any atom is 0.0724 e. The van der Waals surface area contributed by atoms with Crippen LogP contribution in [-0.2, 0) is 0 Å². The second kappa shape index (κ2) is 5.86. The molecule has 0 aliphatic carbocycles. The first-order valence-corrected chi connectivity index (χ1v) is 3.66. The van der Waals surface area contributed by atoms with Crippen molar-refractivity contribution in [2.45, 2.75) is 26.4 Å². The van der Waals surface area contributed by atoms with Crippen molar-refractivity contribution in [2.75, 3.05) is 0 Å². The maximum atomic E-state index is 9.16. The summed E-state index contributed by atoms with van der Waals surface area (Å²) in [6.07, 6.45) is 5.79. The minimum absolute atomic E-state index is 0.366. The second-order valence-electron chi connectivity index (χ2n) is 2.31. The molecule has 2 nitrogen and oxygen atoms in total. The highest BCUT2D eigenvalue weighted by Crippen LogP contribution is 2.07. The first kappa shape index (κ1) is 10.1. The van der Waals surface area contributed by atoms with Crippen LogP contribution >= 0.6 is 0 Å². The average molecular weight is 153 g/mol. The molecule has 0 aliphatic heterocycles. The highest BCUT2D eigenvalue weighted by atomic mass is 16.3. The van der Waals surface area contributed by atoms with Crippen molar-refractivity contribution in [2.24, 2.45) is 4.99 Å². The second-order valence-corrected chi connectivity index (χ2v) is 2.31. The fraction of sp³-hybridized carbons (Fsp3) is 0.444. The van der Waals surface area contributed by atoms with Gasteiger partial charge in [-0.1, -0.05) is 12.2 Å². The van der Waals surface area contributed by atoms with Crippen molar-refractivity contribution in [1.82, 2.24) is 0 Å². The number of aliphatic hydroxyl groups excluding tert-OH is 1. The normalized spacial score (nSPS) is 15.4. The van der Waals surface area contributed by atoms with Gasteiger partial charge in [0, 0.05) is 6.20 Å². The summed E-state index contributed by atoms with van der Waals surface area (Å²) in [4.78, 5) is 3.56. The van der Waals surface area contributed by atoms with E-state index in [1.807, 2.05) is 19.1 Å². The van der Waals surface area contributed by atoms with Crippen molar-refractivity contribution in [3.8, 4) is 0 Å². The highest BCUT2D eigenvalue weighted by Gasteiger charge is 1.99. The lowest BCUT2D eigenvalue weighted by Gasteiger charge is -2.05. The number of rotatable bonds is 4. The molecule has 0 radical (unpaired) electrons. The Kier molecular flexibility index (Phi) is 5.39. The van der Waals surface area contributed by atoms with Crippen LogP contribution < -0.4 is 0 Å². The Morgan fingerprint density at radius 2 is 2.36 bits per heavy atom. The lowest BCUT2D eigenvalue weighted by atomic mass is 10.1. The van der Waals surface area contributed by atoms with Crippen LogP contribution in [0.5, 0.6) is 0 Å². The highest BCUT2D eigenvalue weighted by molar-refractivity contribution is 5.25. The summed E-state index contributed by atoms with van der Waals surface area (Å²) >= 11 is 0. The number of nitrogens with zero attached hydrogens (tertiary/aromatic N) is 1.